The summed E-state index contributed by atoms with van der Waals surface area (Å²) in [6.45, 7) is 2.01. The summed E-state index contributed by atoms with van der Waals surface area (Å²) >= 11 is 0. The first-order valence-electron chi connectivity index (χ1n) is 7.46. The normalized spacial score (nSPS) is 22.3. The zero-order valence-electron chi connectivity index (χ0n) is 12.9. The molecule has 1 aliphatic rings. The van der Waals surface area contributed by atoms with Gasteiger partial charge in [-0.25, -0.2) is 0 Å². The van der Waals surface area contributed by atoms with Gasteiger partial charge in [-0.1, -0.05) is 24.1 Å². The van der Waals surface area contributed by atoms with E-state index in [2.05, 4.69) is 0 Å². The molecule has 0 amide bonds. The van der Waals surface area contributed by atoms with Gasteiger partial charge < -0.3 is 4.74 Å². The Morgan fingerprint density at radius 1 is 1.23 bits per heavy atom. The van der Waals surface area contributed by atoms with Gasteiger partial charge in [-0.15, -0.1) is 0 Å². The molecule has 1 aromatic rings. The zero-order valence-corrected chi connectivity index (χ0v) is 13.8. The van der Waals surface area contributed by atoms with E-state index < -0.39 is 10.1 Å². The lowest BCUT2D eigenvalue weighted by molar-refractivity contribution is -0.147. The number of rotatable bonds is 5. The van der Waals surface area contributed by atoms with Crippen LogP contribution in [-0.2, 0) is 23.8 Å². The lowest BCUT2D eigenvalue weighted by Gasteiger charge is -2.26. The monoisotopic (exact) mass is 326 g/mol. The number of hydrogen-bond donors (Lipinski definition) is 0. The summed E-state index contributed by atoms with van der Waals surface area (Å²) in [6, 6.07) is 6.57. The predicted octanol–water partition coefficient (Wildman–Crippen LogP) is 2.68. The van der Waals surface area contributed by atoms with Crippen molar-refractivity contribution in [2.45, 2.75) is 37.5 Å². The number of carbonyl (C=O) groups excluding carboxylic acids is 1. The highest BCUT2D eigenvalue weighted by atomic mass is 32.2. The summed E-state index contributed by atoms with van der Waals surface area (Å²) in [5, 5.41) is 0. The zero-order chi connectivity index (χ0) is 16.2. The van der Waals surface area contributed by atoms with E-state index in [-0.39, 0.29) is 29.3 Å². The molecule has 1 fully saturated rings. The second-order valence-corrected chi connectivity index (χ2v) is 7.42. The van der Waals surface area contributed by atoms with Crippen LogP contribution in [0.2, 0.25) is 0 Å². The van der Waals surface area contributed by atoms with Crippen molar-refractivity contribution in [2.75, 3.05) is 13.7 Å². The van der Waals surface area contributed by atoms with Crippen LogP contribution in [0.5, 0.6) is 0 Å². The Morgan fingerprint density at radius 2 is 1.91 bits per heavy atom. The summed E-state index contributed by atoms with van der Waals surface area (Å²) in [4.78, 5) is 11.8. The molecular formula is C16H22O5S. The van der Waals surface area contributed by atoms with Gasteiger partial charge in [0.05, 0.1) is 24.5 Å². The van der Waals surface area contributed by atoms with Crippen molar-refractivity contribution in [1.82, 2.24) is 0 Å². The average molecular weight is 326 g/mol. The van der Waals surface area contributed by atoms with E-state index in [1.54, 1.807) is 24.3 Å². The van der Waals surface area contributed by atoms with Crippen LogP contribution in [0.1, 0.15) is 31.2 Å². The first-order chi connectivity index (χ1) is 10.4. The van der Waals surface area contributed by atoms with Crippen molar-refractivity contribution in [3.63, 3.8) is 0 Å². The largest absolute Gasteiger partial charge is 0.469 e. The van der Waals surface area contributed by atoms with Gasteiger partial charge in [-0.3, -0.25) is 8.98 Å². The Kier molecular flexibility index (Phi) is 5.58. The van der Waals surface area contributed by atoms with E-state index in [1.165, 1.54) is 7.11 Å². The second-order valence-electron chi connectivity index (χ2n) is 5.80. The van der Waals surface area contributed by atoms with Gasteiger partial charge in [0, 0.05) is 0 Å². The molecule has 5 nitrogen and oxygen atoms in total. The lowest BCUT2D eigenvalue weighted by atomic mass is 9.82. The minimum Gasteiger partial charge on any atom is -0.469 e. The van der Waals surface area contributed by atoms with Gasteiger partial charge in [0.1, 0.15) is 0 Å². The summed E-state index contributed by atoms with van der Waals surface area (Å²) in [6.07, 6.45) is 3.18. The van der Waals surface area contributed by atoms with Crippen LogP contribution in [0.15, 0.2) is 29.2 Å². The highest BCUT2D eigenvalue weighted by Gasteiger charge is 2.29. The van der Waals surface area contributed by atoms with E-state index in [1.807, 2.05) is 6.92 Å². The summed E-state index contributed by atoms with van der Waals surface area (Å²) in [7, 11) is -2.36. The molecule has 0 radical (unpaired) electrons. The van der Waals surface area contributed by atoms with Crippen LogP contribution in [-0.4, -0.2) is 28.1 Å². The van der Waals surface area contributed by atoms with E-state index in [0.717, 1.165) is 24.8 Å². The van der Waals surface area contributed by atoms with Crippen molar-refractivity contribution in [3.8, 4) is 0 Å². The smallest absolute Gasteiger partial charge is 0.308 e. The molecule has 2 atom stereocenters. The molecule has 0 bridgehead atoms. The van der Waals surface area contributed by atoms with E-state index in [9.17, 15) is 13.2 Å². The van der Waals surface area contributed by atoms with Crippen molar-refractivity contribution >= 4 is 16.1 Å². The van der Waals surface area contributed by atoms with E-state index in [4.69, 9.17) is 8.92 Å². The van der Waals surface area contributed by atoms with Crippen LogP contribution in [0.3, 0.4) is 0 Å². The van der Waals surface area contributed by atoms with Gasteiger partial charge >= 0.3 is 5.97 Å². The molecule has 2 rings (SSSR count). The minimum absolute atomic E-state index is 0.0677. The molecule has 1 aliphatic carbocycles. The lowest BCUT2D eigenvalue weighted by Crippen LogP contribution is -2.27. The van der Waals surface area contributed by atoms with Crippen LogP contribution < -0.4 is 0 Å². The van der Waals surface area contributed by atoms with Gasteiger partial charge in [0.15, 0.2) is 0 Å². The molecule has 0 N–H and O–H groups in total. The summed E-state index contributed by atoms with van der Waals surface area (Å²) in [5.74, 6) is -0.293. The molecule has 0 saturated heterocycles. The van der Waals surface area contributed by atoms with Gasteiger partial charge in [0.2, 0.25) is 0 Å². The number of hydrogen-bond acceptors (Lipinski definition) is 5. The molecule has 0 aliphatic heterocycles. The molecular weight excluding hydrogens is 304 g/mol. The molecule has 1 unspecified atom stereocenters. The number of benzene rings is 1. The number of ether oxygens (including phenoxy) is 1. The van der Waals surface area contributed by atoms with Crippen LogP contribution >= 0.6 is 0 Å². The minimum atomic E-state index is -3.74. The maximum Gasteiger partial charge on any atom is 0.308 e. The number of methoxy groups -OCH3 is 1. The topological polar surface area (TPSA) is 69.7 Å². The maximum atomic E-state index is 12.1. The summed E-state index contributed by atoms with van der Waals surface area (Å²) in [5.41, 5.74) is 0.993. The number of esters is 1. The van der Waals surface area contributed by atoms with E-state index in [0.29, 0.717) is 6.42 Å². The Morgan fingerprint density at radius 3 is 2.55 bits per heavy atom. The SMILES string of the molecule is COC(=O)C1CCC[C@@H](COS(=O)(=O)c2ccc(C)cc2)C1. The molecule has 0 spiro atoms. The fourth-order valence-corrected chi connectivity index (χ4v) is 3.76. The molecule has 0 heterocycles. The Balaban J connectivity index is 1.94. The molecule has 1 saturated carbocycles. The maximum absolute atomic E-state index is 12.1. The molecule has 122 valence electrons. The van der Waals surface area contributed by atoms with Crippen molar-refractivity contribution in [3.05, 3.63) is 29.8 Å². The standard InChI is InChI=1S/C16H22O5S/c1-12-6-8-15(9-7-12)22(18,19)21-11-13-4-3-5-14(10-13)16(17)20-2/h6-9,13-14H,3-5,10-11H2,1-2H3/t13-,14?/m1/s1. The molecule has 1 aromatic carbocycles. The Bertz CT molecular complexity index is 606. The van der Waals surface area contributed by atoms with Gasteiger partial charge in [0.25, 0.3) is 10.1 Å². The van der Waals surface area contributed by atoms with Gasteiger partial charge in [-0.2, -0.15) is 8.42 Å². The summed E-state index contributed by atoms with van der Waals surface area (Å²) < 4.78 is 34.2. The highest BCUT2D eigenvalue weighted by molar-refractivity contribution is 7.86. The first kappa shape index (κ1) is 17.0. The second kappa shape index (κ2) is 7.24. The van der Waals surface area contributed by atoms with Crippen LogP contribution in [0.25, 0.3) is 0 Å². The fraction of sp³-hybridized carbons (Fsp3) is 0.562. The third-order valence-electron chi connectivity index (χ3n) is 4.09. The fourth-order valence-electron chi connectivity index (χ4n) is 2.78. The Labute approximate surface area is 131 Å². The van der Waals surface area contributed by atoms with Crippen molar-refractivity contribution in [2.24, 2.45) is 11.8 Å². The predicted molar refractivity (Wildman–Crippen MR) is 81.8 cm³/mol. The highest BCUT2D eigenvalue weighted by Crippen LogP contribution is 2.30. The third-order valence-corrected chi connectivity index (χ3v) is 5.38. The van der Waals surface area contributed by atoms with Gasteiger partial charge in [-0.05, 0) is 44.2 Å². The average Bonchev–Trinajstić information content (AvgIpc) is 2.53. The van der Waals surface area contributed by atoms with Crippen LogP contribution in [0.4, 0.5) is 0 Å². The van der Waals surface area contributed by atoms with Crippen molar-refractivity contribution in [1.29, 1.82) is 0 Å². The number of carbonyl (C=O) groups is 1. The molecule has 0 aromatic heterocycles. The van der Waals surface area contributed by atoms with E-state index >= 15 is 0 Å². The first-order valence-corrected chi connectivity index (χ1v) is 8.87. The Hall–Kier alpha value is -1.40. The molecule has 22 heavy (non-hydrogen) atoms. The third kappa shape index (κ3) is 4.30. The number of aryl methyl sites for hydroxylation is 1. The van der Waals surface area contributed by atoms with Crippen LogP contribution in [0, 0.1) is 18.8 Å². The quantitative estimate of drug-likeness (QED) is 0.614. The van der Waals surface area contributed by atoms with Crippen molar-refractivity contribution < 1.29 is 22.1 Å². The molecule has 6 heteroatoms.